The molecule has 0 aromatic rings. The Morgan fingerprint density at radius 1 is 1.62 bits per heavy atom. The third kappa shape index (κ3) is 2.31. The molecule has 0 aliphatic carbocycles. The van der Waals surface area contributed by atoms with Crippen molar-refractivity contribution in [3.8, 4) is 0 Å². The van der Waals surface area contributed by atoms with Gasteiger partial charge in [0.2, 0.25) is 0 Å². The minimum Gasteiger partial charge on any atom is -0.450 e. The molecule has 2 aliphatic heterocycles. The Kier molecular flexibility index (Phi) is 3.37. The number of carbonyl (C=O) groups excluding carboxylic acids is 1. The van der Waals surface area contributed by atoms with Gasteiger partial charge in [0, 0.05) is 32.4 Å². The normalized spacial score (nSPS) is 22.9. The van der Waals surface area contributed by atoms with Crippen molar-refractivity contribution < 1.29 is 14.4 Å². The van der Waals surface area contributed by atoms with Crippen molar-refractivity contribution >= 4 is 26.6 Å². The molecule has 2 heterocycles. The van der Waals surface area contributed by atoms with Crippen LogP contribution in [0.3, 0.4) is 0 Å². The molecule has 6 heteroatoms. The molecular formula is C10H15BrN2O3. The summed E-state index contributed by atoms with van der Waals surface area (Å²) in [4.78, 5) is 18.7. The summed E-state index contributed by atoms with van der Waals surface area (Å²) < 4.78 is 5.82. The number of halogens is 1. The first kappa shape index (κ1) is 11.7. The first-order chi connectivity index (χ1) is 7.65. The second-order valence-corrected chi connectivity index (χ2v) is 5.02. The monoisotopic (exact) mass is 290 g/mol. The molecular weight excluding hydrogens is 276 g/mol. The Morgan fingerprint density at radius 3 is 2.81 bits per heavy atom. The van der Waals surface area contributed by atoms with Gasteiger partial charge in [-0.25, -0.2) is 4.79 Å². The third-order valence-corrected chi connectivity index (χ3v) is 3.43. The van der Waals surface area contributed by atoms with Crippen LogP contribution in [-0.4, -0.2) is 40.9 Å². The molecule has 0 atom stereocenters. The summed E-state index contributed by atoms with van der Waals surface area (Å²) in [6.45, 7) is 3.59. The number of ether oxygens (including phenoxy) is 1. The van der Waals surface area contributed by atoms with Gasteiger partial charge in [0.25, 0.3) is 0 Å². The first-order valence-corrected chi connectivity index (χ1v) is 6.27. The van der Waals surface area contributed by atoms with Crippen molar-refractivity contribution in [2.75, 3.05) is 19.7 Å². The molecule has 1 amide bonds. The summed E-state index contributed by atoms with van der Waals surface area (Å²) in [7, 11) is 0. The van der Waals surface area contributed by atoms with E-state index in [9.17, 15) is 4.79 Å². The van der Waals surface area contributed by atoms with E-state index < -0.39 is 0 Å². The number of rotatable bonds is 1. The molecule has 16 heavy (non-hydrogen) atoms. The molecule has 1 spiro atoms. The van der Waals surface area contributed by atoms with Crippen LogP contribution in [0, 0.1) is 0 Å². The molecule has 0 bridgehead atoms. The fourth-order valence-electron chi connectivity index (χ4n) is 2.06. The van der Waals surface area contributed by atoms with Gasteiger partial charge in [0.15, 0.2) is 0 Å². The van der Waals surface area contributed by atoms with Crippen molar-refractivity contribution in [2.24, 2.45) is 5.16 Å². The molecule has 5 nitrogen and oxygen atoms in total. The Bertz CT molecular complexity index is 311. The SMILES string of the molecule is CCOC(=O)N1CCC2(CC1)CC(Br)=NO2. The largest absolute Gasteiger partial charge is 0.450 e. The van der Waals surface area contributed by atoms with Gasteiger partial charge in [0.05, 0.1) is 6.61 Å². The Morgan fingerprint density at radius 2 is 2.31 bits per heavy atom. The topological polar surface area (TPSA) is 51.1 Å². The Labute approximate surface area is 103 Å². The van der Waals surface area contributed by atoms with Crippen LogP contribution in [0.4, 0.5) is 4.79 Å². The molecule has 0 unspecified atom stereocenters. The highest BCUT2D eigenvalue weighted by Gasteiger charge is 2.42. The second-order valence-electron chi connectivity index (χ2n) is 4.10. The van der Waals surface area contributed by atoms with Crippen LogP contribution in [0.5, 0.6) is 0 Å². The lowest BCUT2D eigenvalue weighted by Crippen LogP contribution is -2.46. The number of piperidine rings is 1. The molecule has 0 saturated carbocycles. The van der Waals surface area contributed by atoms with Gasteiger partial charge in [-0.2, -0.15) is 0 Å². The molecule has 0 aromatic carbocycles. The van der Waals surface area contributed by atoms with Gasteiger partial charge in [-0.1, -0.05) is 5.16 Å². The maximum absolute atomic E-state index is 11.5. The number of carbonyl (C=O) groups is 1. The van der Waals surface area contributed by atoms with Crippen LogP contribution in [0.1, 0.15) is 26.2 Å². The summed E-state index contributed by atoms with van der Waals surface area (Å²) in [5, 5.41) is 3.92. The van der Waals surface area contributed by atoms with E-state index in [4.69, 9.17) is 9.57 Å². The van der Waals surface area contributed by atoms with Crippen molar-refractivity contribution in [1.29, 1.82) is 0 Å². The zero-order valence-corrected chi connectivity index (χ0v) is 10.8. The van der Waals surface area contributed by atoms with Crippen LogP contribution in [0.2, 0.25) is 0 Å². The molecule has 2 aliphatic rings. The number of nitrogens with zero attached hydrogens (tertiary/aromatic N) is 2. The van der Waals surface area contributed by atoms with E-state index in [1.165, 1.54) is 0 Å². The molecule has 90 valence electrons. The summed E-state index contributed by atoms with van der Waals surface area (Å²) in [5.74, 6) is 0. The van der Waals surface area contributed by atoms with E-state index >= 15 is 0 Å². The maximum Gasteiger partial charge on any atom is 0.409 e. The number of likely N-dealkylation sites (tertiary alicyclic amines) is 1. The second kappa shape index (κ2) is 4.61. The number of hydrogen-bond acceptors (Lipinski definition) is 4. The molecule has 0 radical (unpaired) electrons. The lowest BCUT2D eigenvalue weighted by molar-refractivity contribution is -0.0591. The maximum atomic E-state index is 11.5. The molecule has 1 fully saturated rings. The fourth-order valence-corrected chi connectivity index (χ4v) is 2.64. The zero-order valence-electron chi connectivity index (χ0n) is 9.24. The van der Waals surface area contributed by atoms with Gasteiger partial charge in [0.1, 0.15) is 10.2 Å². The van der Waals surface area contributed by atoms with E-state index in [0.29, 0.717) is 19.7 Å². The van der Waals surface area contributed by atoms with E-state index in [1.807, 2.05) is 6.92 Å². The summed E-state index contributed by atoms with van der Waals surface area (Å²) in [6.07, 6.45) is 2.20. The Balaban J connectivity index is 1.85. The fraction of sp³-hybridized carbons (Fsp3) is 0.800. The van der Waals surface area contributed by atoms with Gasteiger partial charge >= 0.3 is 6.09 Å². The zero-order chi connectivity index (χ0) is 11.6. The summed E-state index contributed by atoms with van der Waals surface area (Å²) in [5.41, 5.74) is -0.193. The van der Waals surface area contributed by atoms with Gasteiger partial charge in [-0.05, 0) is 22.9 Å². The first-order valence-electron chi connectivity index (χ1n) is 5.47. The van der Waals surface area contributed by atoms with Crippen LogP contribution in [0.15, 0.2) is 5.16 Å². The highest BCUT2D eigenvalue weighted by molar-refractivity contribution is 9.18. The van der Waals surface area contributed by atoms with Crippen molar-refractivity contribution in [3.05, 3.63) is 0 Å². The predicted molar refractivity (Wildman–Crippen MR) is 62.6 cm³/mol. The Hall–Kier alpha value is -0.780. The van der Waals surface area contributed by atoms with Crippen LogP contribution >= 0.6 is 15.9 Å². The third-order valence-electron chi connectivity index (χ3n) is 3.01. The van der Waals surface area contributed by atoms with E-state index in [-0.39, 0.29) is 11.7 Å². The summed E-state index contributed by atoms with van der Waals surface area (Å²) >= 11 is 3.34. The number of oxime groups is 1. The van der Waals surface area contributed by atoms with Gasteiger partial charge in [-0.3, -0.25) is 0 Å². The van der Waals surface area contributed by atoms with Crippen LogP contribution in [-0.2, 0) is 9.57 Å². The average molecular weight is 291 g/mol. The van der Waals surface area contributed by atoms with Crippen LogP contribution < -0.4 is 0 Å². The van der Waals surface area contributed by atoms with E-state index in [1.54, 1.807) is 4.90 Å². The average Bonchev–Trinajstić information content (AvgIpc) is 2.61. The minimum absolute atomic E-state index is 0.193. The number of hydrogen-bond donors (Lipinski definition) is 0. The predicted octanol–water partition coefficient (Wildman–Crippen LogP) is 2.11. The van der Waals surface area contributed by atoms with Gasteiger partial charge in [-0.15, -0.1) is 0 Å². The molecule has 2 rings (SSSR count). The smallest absolute Gasteiger partial charge is 0.409 e. The van der Waals surface area contributed by atoms with Crippen LogP contribution in [0.25, 0.3) is 0 Å². The van der Waals surface area contributed by atoms with E-state index in [2.05, 4.69) is 21.1 Å². The van der Waals surface area contributed by atoms with Crippen molar-refractivity contribution in [2.45, 2.75) is 31.8 Å². The highest BCUT2D eigenvalue weighted by Crippen LogP contribution is 2.35. The lowest BCUT2D eigenvalue weighted by Gasteiger charge is -2.36. The lowest BCUT2D eigenvalue weighted by atomic mass is 9.89. The minimum atomic E-state index is -0.227. The van der Waals surface area contributed by atoms with Crippen molar-refractivity contribution in [1.82, 2.24) is 4.90 Å². The molecule has 0 N–H and O–H groups in total. The van der Waals surface area contributed by atoms with Crippen molar-refractivity contribution in [3.63, 3.8) is 0 Å². The highest BCUT2D eigenvalue weighted by atomic mass is 79.9. The van der Waals surface area contributed by atoms with E-state index in [0.717, 1.165) is 23.9 Å². The van der Waals surface area contributed by atoms with Gasteiger partial charge < -0.3 is 14.5 Å². The molecule has 0 aromatic heterocycles. The standard InChI is InChI=1S/C10H15BrN2O3/c1-2-15-9(14)13-5-3-10(4-6-13)7-8(11)12-16-10/h2-7H2,1H3. The quantitative estimate of drug-likeness (QED) is 0.743. The molecule has 1 saturated heterocycles. The number of amides is 1. The summed E-state index contributed by atoms with van der Waals surface area (Å²) in [6, 6.07) is 0.